The molecular formula is C10H18N2O3. The molecule has 1 fully saturated rings. The molecule has 0 aliphatic heterocycles. The van der Waals surface area contributed by atoms with Crippen LogP contribution in [0.1, 0.15) is 25.7 Å². The Balaban J connectivity index is 2.21. The van der Waals surface area contributed by atoms with Gasteiger partial charge in [0.1, 0.15) is 0 Å². The highest BCUT2D eigenvalue weighted by molar-refractivity contribution is 5.88. The first-order chi connectivity index (χ1) is 6.99. The summed E-state index contributed by atoms with van der Waals surface area (Å²) in [7, 11) is 3.07. The van der Waals surface area contributed by atoms with Gasteiger partial charge in [0.2, 0.25) is 5.91 Å². The quantitative estimate of drug-likeness (QED) is 0.648. The number of hydrogen-bond acceptors (Lipinski definition) is 4. The molecule has 0 aromatic rings. The summed E-state index contributed by atoms with van der Waals surface area (Å²) in [5, 5.41) is 0. The van der Waals surface area contributed by atoms with Crippen molar-refractivity contribution in [2.45, 2.75) is 31.2 Å². The molecule has 0 radical (unpaired) electrons. The second-order valence-corrected chi connectivity index (χ2v) is 4.06. The molecule has 0 spiro atoms. The lowest BCUT2D eigenvalue weighted by Crippen LogP contribution is -2.44. The van der Waals surface area contributed by atoms with Crippen LogP contribution in [0, 0.1) is 0 Å². The van der Waals surface area contributed by atoms with E-state index in [-0.39, 0.29) is 11.9 Å². The molecule has 1 rings (SSSR count). The number of likely N-dealkylation sites (N-methyl/N-ethyl adjacent to an activating group) is 1. The minimum atomic E-state index is -0.611. The standard InChI is InChI=1S/C10H18N2O3/c1-12(7-3-4-8(13)15-2)9(14)10(11)5-6-10/h3-7,11H2,1-2H3. The Hall–Kier alpha value is -1.10. The van der Waals surface area contributed by atoms with Gasteiger partial charge in [0.05, 0.1) is 12.6 Å². The fourth-order valence-electron chi connectivity index (χ4n) is 1.39. The number of carbonyl (C=O) groups excluding carboxylic acids is 2. The monoisotopic (exact) mass is 214 g/mol. The number of amides is 1. The molecule has 86 valence electrons. The van der Waals surface area contributed by atoms with E-state index in [2.05, 4.69) is 4.74 Å². The third kappa shape index (κ3) is 3.20. The molecule has 1 aliphatic carbocycles. The van der Waals surface area contributed by atoms with Gasteiger partial charge in [-0.3, -0.25) is 9.59 Å². The molecular weight excluding hydrogens is 196 g/mol. The summed E-state index contributed by atoms with van der Waals surface area (Å²) in [5.41, 5.74) is 5.15. The number of carbonyl (C=O) groups is 2. The molecule has 1 amide bonds. The minimum absolute atomic E-state index is 0.0210. The first-order valence-electron chi connectivity index (χ1n) is 5.11. The van der Waals surface area contributed by atoms with Crippen molar-refractivity contribution >= 4 is 11.9 Å². The molecule has 5 heteroatoms. The number of hydrogen-bond donors (Lipinski definition) is 1. The zero-order valence-electron chi connectivity index (χ0n) is 9.28. The maximum Gasteiger partial charge on any atom is 0.305 e. The molecule has 0 aromatic carbocycles. The van der Waals surface area contributed by atoms with E-state index >= 15 is 0 Å². The molecule has 5 nitrogen and oxygen atoms in total. The highest BCUT2D eigenvalue weighted by Crippen LogP contribution is 2.33. The Kier molecular flexibility index (Phi) is 3.68. The summed E-state index contributed by atoms with van der Waals surface area (Å²) in [6.07, 6.45) is 2.50. The van der Waals surface area contributed by atoms with Crippen molar-refractivity contribution in [3.8, 4) is 0 Å². The summed E-state index contributed by atoms with van der Waals surface area (Å²) < 4.78 is 4.51. The number of ether oxygens (including phenoxy) is 1. The molecule has 2 N–H and O–H groups in total. The molecule has 0 aromatic heterocycles. The maximum absolute atomic E-state index is 11.7. The zero-order valence-corrected chi connectivity index (χ0v) is 9.28. The lowest BCUT2D eigenvalue weighted by molar-refractivity contribution is -0.141. The number of nitrogens with two attached hydrogens (primary N) is 1. The summed E-state index contributed by atoms with van der Waals surface area (Å²) in [6, 6.07) is 0. The van der Waals surface area contributed by atoms with Crippen molar-refractivity contribution in [1.29, 1.82) is 0 Å². The third-order valence-electron chi connectivity index (χ3n) is 2.66. The zero-order chi connectivity index (χ0) is 11.5. The molecule has 1 saturated carbocycles. The van der Waals surface area contributed by atoms with E-state index in [1.165, 1.54) is 7.11 Å². The van der Waals surface area contributed by atoms with Crippen LogP contribution in [0.2, 0.25) is 0 Å². The Bertz CT molecular complexity index is 261. The van der Waals surface area contributed by atoms with Gasteiger partial charge in [-0.1, -0.05) is 0 Å². The van der Waals surface area contributed by atoms with Crippen LogP contribution in [0.4, 0.5) is 0 Å². The lowest BCUT2D eigenvalue weighted by atomic mass is 10.2. The van der Waals surface area contributed by atoms with Crippen molar-refractivity contribution in [2.24, 2.45) is 5.73 Å². The van der Waals surface area contributed by atoms with E-state index in [9.17, 15) is 9.59 Å². The van der Waals surface area contributed by atoms with E-state index in [1.807, 2.05) is 0 Å². The van der Waals surface area contributed by atoms with Gasteiger partial charge in [0, 0.05) is 20.0 Å². The molecule has 15 heavy (non-hydrogen) atoms. The van der Waals surface area contributed by atoms with E-state index in [0.29, 0.717) is 19.4 Å². The van der Waals surface area contributed by atoms with Gasteiger partial charge in [0.15, 0.2) is 0 Å². The molecule has 0 unspecified atom stereocenters. The van der Waals surface area contributed by atoms with Crippen molar-refractivity contribution in [3.63, 3.8) is 0 Å². The summed E-state index contributed by atoms with van der Waals surface area (Å²) in [4.78, 5) is 24.1. The van der Waals surface area contributed by atoms with Gasteiger partial charge in [-0.25, -0.2) is 0 Å². The third-order valence-corrected chi connectivity index (χ3v) is 2.66. The van der Waals surface area contributed by atoms with Gasteiger partial charge in [-0.2, -0.15) is 0 Å². The van der Waals surface area contributed by atoms with Gasteiger partial charge >= 0.3 is 5.97 Å². The van der Waals surface area contributed by atoms with Crippen LogP contribution in [0.25, 0.3) is 0 Å². The molecule has 0 bridgehead atoms. The van der Waals surface area contributed by atoms with Crippen LogP contribution in [-0.2, 0) is 14.3 Å². The van der Waals surface area contributed by atoms with E-state index in [0.717, 1.165) is 12.8 Å². The minimum Gasteiger partial charge on any atom is -0.469 e. The average Bonchev–Trinajstić information content (AvgIpc) is 2.96. The summed E-state index contributed by atoms with van der Waals surface area (Å²) in [6.45, 7) is 0.548. The second kappa shape index (κ2) is 4.61. The number of esters is 1. The normalized spacial score (nSPS) is 17.0. The molecule has 1 aliphatic rings. The Morgan fingerprint density at radius 2 is 2.07 bits per heavy atom. The van der Waals surface area contributed by atoms with Gasteiger partial charge in [-0.05, 0) is 19.3 Å². The van der Waals surface area contributed by atoms with Gasteiger partial charge < -0.3 is 15.4 Å². The Morgan fingerprint density at radius 3 is 2.53 bits per heavy atom. The predicted molar refractivity (Wildman–Crippen MR) is 55.0 cm³/mol. The van der Waals surface area contributed by atoms with E-state index in [4.69, 9.17) is 5.73 Å². The average molecular weight is 214 g/mol. The van der Waals surface area contributed by atoms with Crippen LogP contribution in [-0.4, -0.2) is 43.0 Å². The van der Waals surface area contributed by atoms with Crippen molar-refractivity contribution in [1.82, 2.24) is 4.90 Å². The smallest absolute Gasteiger partial charge is 0.305 e. The topological polar surface area (TPSA) is 72.6 Å². The SMILES string of the molecule is COC(=O)CCCN(C)C(=O)C1(N)CC1. The first kappa shape index (κ1) is 12.0. The summed E-state index contributed by atoms with van der Waals surface area (Å²) in [5.74, 6) is -0.267. The Labute approximate surface area is 89.6 Å². The maximum atomic E-state index is 11.7. The van der Waals surface area contributed by atoms with Gasteiger partial charge in [-0.15, -0.1) is 0 Å². The predicted octanol–water partition coefficient (Wildman–Crippen LogP) is -0.111. The van der Waals surface area contributed by atoms with Crippen molar-refractivity contribution < 1.29 is 14.3 Å². The highest BCUT2D eigenvalue weighted by Gasteiger charge is 2.47. The van der Waals surface area contributed by atoms with Crippen LogP contribution < -0.4 is 5.73 Å². The Morgan fingerprint density at radius 1 is 1.47 bits per heavy atom. The van der Waals surface area contributed by atoms with Crippen LogP contribution in [0.15, 0.2) is 0 Å². The second-order valence-electron chi connectivity index (χ2n) is 4.06. The molecule has 0 saturated heterocycles. The first-order valence-corrected chi connectivity index (χ1v) is 5.11. The van der Waals surface area contributed by atoms with Crippen molar-refractivity contribution in [3.05, 3.63) is 0 Å². The van der Waals surface area contributed by atoms with Crippen molar-refractivity contribution in [2.75, 3.05) is 20.7 Å². The highest BCUT2D eigenvalue weighted by atomic mass is 16.5. The molecule has 0 atom stereocenters. The van der Waals surface area contributed by atoms with E-state index in [1.54, 1.807) is 11.9 Å². The number of nitrogens with zero attached hydrogens (tertiary/aromatic N) is 1. The number of methoxy groups -OCH3 is 1. The number of rotatable bonds is 5. The lowest BCUT2D eigenvalue weighted by Gasteiger charge is -2.20. The van der Waals surface area contributed by atoms with Crippen LogP contribution in [0.5, 0.6) is 0 Å². The molecule has 0 heterocycles. The fourth-order valence-corrected chi connectivity index (χ4v) is 1.39. The van der Waals surface area contributed by atoms with Crippen LogP contribution >= 0.6 is 0 Å². The van der Waals surface area contributed by atoms with E-state index < -0.39 is 5.54 Å². The van der Waals surface area contributed by atoms with Crippen LogP contribution in [0.3, 0.4) is 0 Å². The fraction of sp³-hybridized carbons (Fsp3) is 0.800. The largest absolute Gasteiger partial charge is 0.469 e. The van der Waals surface area contributed by atoms with Gasteiger partial charge in [0.25, 0.3) is 0 Å². The summed E-state index contributed by atoms with van der Waals surface area (Å²) >= 11 is 0.